The summed E-state index contributed by atoms with van der Waals surface area (Å²) in [6.45, 7) is 6.53. The molecule has 0 aliphatic heterocycles. The minimum Gasteiger partial charge on any atom is -0.489 e. The zero-order valence-corrected chi connectivity index (χ0v) is 23.9. The number of fused-ring (bicyclic) bond motifs is 1. The first kappa shape index (κ1) is 28.1. The number of carbonyl (C=O) groups is 1. The van der Waals surface area contributed by atoms with Gasteiger partial charge in [-0.05, 0) is 83.5 Å². The molecule has 0 N–H and O–H groups in total. The molecule has 0 saturated heterocycles. The number of methoxy groups -OCH3 is 2. The monoisotopic (exact) mass is 549 g/mol. The third-order valence-electron chi connectivity index (χ3n) is 9.01. The van der Waals surface area contributed by atoms with Gasteiger partial charge >= 0.3 is 5.97 Å². The van der Waals surface area contributed by atoms with E-state index in [1.54, 1.807) is 0 Å². The van der Waals surface area contributed by atoms with Gasteiger partial charge in [0.05, 0.1) is 26.8 Å². The summed E-state index contributed by atoms with van der Waals surface area (Å²) in [6, 6.07) is 10.7. The van der Waals surface area contributed by atoms with Crippen molar-refractivity contribution in [1.29, 1.82) is 0 Å². The summed E-state index contributed by atoms with van der Waals surface area (Å²) in [4.78, 5) is 16.0. The number of halogens is 2. The van der Waals surface area contributed by atoms with Crippen molar-refractivity contribution in [1.82, 2.24) is 4.98 Å². The molecular formula is C33H37F2NO4. The molecule has 1 aromatic heterocycles. The van der Waals surface area contributed by atoms with E-state index < -0.39 is 11.6 Å². The molecule has 1 heterocycles. The maximum atomic E-state index is 15.6. The lowest BCUT2D eigenvalue weighted by Gasteiger charge is -2.30. The average Bonchev–Trinajstić information content (AvgIpc) is 3.45. The van der Waals surface area contributed by atoms with Crippen LogP contribution in [0.1, 0.15) is 81.0 Å². The maximum absolute atomic E-state index is 15.6. The van der Waals surface area contributed by atoms with Crippen LogP contribution in [0.4, 0.5) is 8.78 Å². The van der Waals surface area contributed by atoms with Crippen LogP contribution in [0.3, 0.4) is 0 Å². The van der Waals surface area contributed by atoms with E-state index >= 15 is 8.78 Å². The molecular weight excluding hydrogens is 512 g/mol. The number of carbonyl (C=O) groups excluding carboxylic acids is 1. The molecule has 5 rings (SSSR count). The van der Waals surface area contributed by atoms with Crippen LogP contribution in [0.15, 0.2) is 42.6 Å². The molecule has 0 bridgehead atoms. The SMILES string of the molecule is COC(=O)C[C@@]1(C)CCc2ccc(OCc3cc(C4CCCC4(C)C)c(-c4cc(OC)ncc4F)cc3F)cc21. The normalized spacial score (nSPS) is 21.2. The van der Waals surface area contributed by atoms with Crippen molar-refractivity contribution in [3.8, 4) is 22.8 Å². The minimum absolute atomic E-state index is 0.0115. The third-order valence-corrected chi connectivity index (χ3v) is 9.01. The van der Waals surface area contributed by atoms with Gasteiger partial charge < -0.3 is 14.2 Å². The Bertz CT molecular complexity index is 1440. The third kappa shape index (κ3) is 5.30. The van der Waals surface area contributed by atoms with E-state index in [2.05, 4.69) is 25.8 Å². The second-order valence-corrected chi connectivity index (χ2v) is 12.1. The van der Waals surface area contributed by atoms with Gasteiger partial charge in [0.15, 0.2) is 0 Å². The highest BCUT2D eigenvalue weighted by Gasteiger charge is 2.38. The fourth-order valence-corrected chi connectivity index (χ4v) is 6.62. The first-order chi connectivity index (χ1) is 19.0. The number of nitrogens with zero attached hydrogens (tertiary/aromatic N) is 1. The lowest BCUT2D eigenvalue weighted by molar-refractivity contribution is -0.142. The Morgan fingerprint density at radius 3 is 2.52 bits per heavy atom. The number of rotatable bonds is 8. The Hall–Kier alpha value is -3.48. The first-order valence-electron chi connectivity index (χ1n) is 13.9. The molecule has 2 atom stereocenters. The summed E-state index contributed by atoms with van der Waals surface area (Å²) < 4.78 is 47.0. The Kier molecular flexibility index (Phi) is 7.60. The molecule has 1 saturated carbocycles. The van der Waals surface area contributed by atoms with E-state index in [4.69, 9.17) is 14.2 Å². The highest BCUT2D eigenvalue weighted by molar-refractivity contribution is 5.72. The molecule has 2 aliphatic rings. The van der Waals surface area contributed by atoms with E-state index in [1.807, 2.05) is 24.3 Å². The quantitative estimate of drug-likeness (QED) is 0.270. The second-order valence-electron chi connectivity index (χ2n) is 12.1. The van der Waals surface area contributed by atoms with E-state index in [-0.39, 0.29) is 40.8 Å². The minimum atomic E-state index is -0.519. The molecule has 0 radical (unpaired) electrons. The Morgan fingerprint density at radius 1 is 1.02 bits per heavy atom. The Balaban J connectivity index is 1.48. The van der Waals surface area contributed by atoms with Crippen LogP contribution in [0.2, 0.25) is 0 Å². The predicted molar refractivity (Wildman–Crippen MR) is 150 cm³/mol. The van der Waals surface area contributed by atoms with Gasteiger partial charge in [-0.3, -0.25) is 4.79 Å². The molecule has 2 aliphatic carbocycles. The fraction of sp³-hybridized carbons (Fsp3) is 0.455. The second kappa shape index (κ2) is 10.8. The van der Waals surface area contributed by atoms with Gasteiger partial charge in [0.1, 0.15) is 24.0 Å². The van der Waals surface area contributed by atoms with Gasteiger partial charge in [-0.1, -0.05) is 33.3 Å². The largest absolute Gasteiger partial charge is 0.489 e. The first-order valence-corrected chi connectivity index (χ1v) is 13.9. The Morgan fingerprint density at radius 2 is 1.82 bits per heavy atom. The zero-order chi connectivity index (χ0) is 28.7. The van der Waals surface area contributed by atoms with E-state index in [9.17, 15) is 4.79 Å². The number of esters is 1. The summed E-state index contributed by atoms with van der Waals surface area (Å²) in [6.07, 6.45) is 6.20. The summed E-state index contributed by atoms with van der Waals surface area (Å²) in [5.74, 6) is -0.186. The smallest absolute Gasteiger partial charge is 0.306 e. The molecule has 0 spiro atoms. The molecule has 1 fully saturated rings. The fourth-order valence-electron chi connectivity index (χ4n) is 6.62. The highest BCUT2D eigenvalue weighted by atomic mass is 19.1. The number of aromatic nitrogens is 1. The number of aryl methyl sites for hydroxylation is 1. The van der Waals surface area contributed by atoms with Crippen LogP contribution >= 0.6 is 0 Å². The van der Waals surface area contributed by atoms with E-state index in [0.29, 0.717) is 23.3 Å². The molecule has 2 aromatic carbocycles. The number of ether oxygens (including phenoxy) is 3. The van der Waals surface area contributed by atoms with Crippen molar-refractivity contribution in [3.05, 3.63) is 76.5 Å². The van der Waals surface area contributed by atoms with Crippen molar-refractivity contribution in [2.24, 2.45) is 5.41 Å². The summed E-state index contributed by atoms with van der Waals surface area (Å²) in [5.41, 5.74) is 4.05. The van der Waals surface area contributed by atoms with Crippen molar-refractivity contribution in [2.75, 3.05) is 14.2 Å². The molecule has 5 nitrogen and oxygen atoms in total. The van der Waals surface area contributed by atoms with E-state index in [1.165, 1.54) is 31.9 Å². The summed E-state index contributed by atoms with van der Waals surface area (Å²) in [5, 5.41) is 0. The molecule has 212 valence electrons. The highest BCUT2D eigenvalue weighted by Crippen LogP contribution is 2.52. The molecule has 7 heteroatoms. The number of pyridine rings is 1. The van der Waals surface area contributed by atoms with Gasteiger partial charge in [0.2, 0.25) is 5.88 Å². The van der Waals surface area contributed by atoms with Crippen LogP contribution in [0.25, 0.3) is 11.1 Å². The zero-order valence-electron chi connectivity index (χ0n) is 23.9. The molecule has 3 aromatic rings. The molecule has 40 heavy (non-hydrogen) atoms. The van der Waals surface area contributed by atoms with Gasteiger partial charge in [0.25, 0.3) is 0 Å². The number of hydrogen-bond donors (Lipinski definition) is 0. The van der Waals surface area contributed by atoms with Crippen LogP contribution in [0, 0.1) is 17.0 Å². The van der Waals surface area contributed by atoms with Gasteiger partial charge in [0, 0.05) is 22.6 Å². The standard InChI is InChI=1S/C33H37F2NO4/c1-32(2)11-6-7-26(32)24-13-21(28(34)15-23(24)25-16-30(38-4)36-18-29(25)35)19-40-22-9-8-20-10-12-33(3,27(20)14-22)17-31(37)39-5/h8-9,13-16,18,26H,6-7,10-12,17,19H2,1-5H3/t26?,33-/m1/s1. The van der Waals surface area contributed by atoms with Crippen molar-refractivity contribution >= 4 is 5.97 Å². The number of hydrogen-bond acceptors (Lipinski definition) is 5. The van der Waals surface area contributed by atoms with Crippen LogP contribution in [0.5, 0.6) is 11.6 Å². The topological polar surface area (TPSA) is 57.7 Å². The maximum Gasteiger partial charge on any atom is 0.306 e. The molecule has 0 amide bonds. The number of benzene rings is 2. The summed E-state index contributed by atoms with van der Waals surface area (Å²) in [7, 11) is 2.88. The van der Waals surface area contributed by atoms with Crippen LogP contribution < -0.4 is 9.47 Å². The molecule has 1 unspecified atom stereocenters. The average molecular weight is 550 g/mol. The van der Waals surface area contributed by atoms with Gasteiger partial charge in [-0.15, -0.1) is 0 Å². The Labute approximate surface area is 234 Å². The van der Waals surface area contributed by atoms with Gasteiger partial charge in [-0.25, -0.2) is 13.8 Å². The van der Waals surface area contributed by atoms with Crippen molar-refractivity contribution in [2.45, 2.75) is 77.2 Å². The lowest BCUT2D eigenvalue weighted by atomic mass is 9.75. The van der Waals surface area contributed by atoms with Gasteiger partial charge in [-0.2, -0.15) is 0 Å². The van der Waals surface area contributed by atoms with Crippen molar-refractivity contribution < 1.29 is 27.8 Å². The van der Waals surface area contributed by atoms with Crippen LogP contribution in [-0.4, -0.2) is 25.2 Å². The predicted octanol–water partition coefficient (Wildman–Crippen LogP) is 7.68. The summed E-state index contributed by atoms with van der Waals surface area (Å²) >= 11 is 0. The lowest BCUT2D eigenvalue weighted by Crippen LogP contribution is -2.23. The van der Waals surface area contributed by atoms with Crippen LogP contribution in [-0.2, 0) is 28.0 Å². The van der Waals surface area contributed by atoms with Crippen molar-refractivity contribution in [3.63, 3.8) is 0 Å². The van der Waals surface area contributed by atoms with E-state index in [0.717, 1.165) is 49.4 Å².